The van der Waals surface area contributed by atoms with Gasteiger partial charge in [-0.25, -0.2) is 13.4 Å². The summed E-state index contributed by atoms with van der Waals surface area (Å²) in [6, 6.07) is 6.24. The fourth-order valence-electron chi connectivity index (χ4n) is 4.64. The molecule has 1 amide bonds. The van der Waals surface area contributed by atoms with E-state index < -0.39 is 10.0 Å². The second kappa shape index (κ2) is 10.6. The first kappa shape index (κ1) is 24.3. The lowest BCUT2D eigenvalue weighted by atomic mass is 9.96. The Bertz CT molecular complexity index is 1040. The highest BCUT2D eigenvalue weighted by Gasteiger charge is 2.29. The van der Waals surface area contributed by atoms with E-state index in [0.29, 0.717) is 10.7 Å². The molecule has 1 aromatic carbocycles. The molecule has 0 bridgehead atoms. The Morgan fingerprint density at radius 2 is 1.79 bits per heavy atom. The topological polar surface area (TPSA) is 82.6 Å². The Hall–Kier alpha value is -1.81. The van der Waals surface area contributed by atoms with Gasteiger partial charge < -0.3 is 0 Å². The molecule has 1 aliphatic heterocycles. The molecule has 0 radical (unpaired) electrons. The van der Waals surface area contributed by atoms with E-state index >= 15 is 0 Å². The highest BCUT2D eigenvalue weighted by molar-refractivity contribution is 7.89. The van der Waals surface area contributed by atoms with Crippen LogP contribution in [0.25, 0.3) is 0 Å². The molecule has 180 valence electrons. The molecular weight excluding hydrogens is 456 g/mol. The lowest BCUT2D eigenvalue weighted by Gasteiger charge is -2.30. The normalized spacial score (nSPS) is 19.1. The molecule has 1 saturated heterocycles. The maximum Gasteiger partial charge on any atom is 0.257 e. The third-order valence-corrected chi connectivity index (χ3v) is 9.65. The first-order chi connectivity index (χ1) is 15.8. The predicted molar refractivity (Wildman–Crippen MR) is 132 cm³/mol. The SMILES string of the molecule is CC1CCN(Cc2csc(NC(=O)c3ccc(S(=O)(=O)N(C)C4CCCCC4)cc3)n2)CC1. The Labute approximate surface area is 201 Å². The minimum atomic E-state index is -3.57. The molecule has 2 aliphatic rings. The summed E-state index contributed by atoms with van der Waals surface area (Å²) < 4.78 is 27.5. The van der Waals surface area contributed by atoms with Gasteiger partial charge in [-0.15, -0.1) is 11.3 Å². The number of nitrogens with zero attached hydrogens (tertiary/aromatic N) is 3. The molecule has 1 saturated carbocycles. The van der Waals surface area contributed by atoms with E-state index in [9.17, 15) is 13.2 Å². The second-order valence-electron chi connectivity index (χ2n) is 9.39. The number of benzene rings is 1. The van der Waals surface area contributed by atoms with Crippen LogP contribution in [0.15, 0.2) is 34.5 Å². The molecular formula is C24H34N4O3S2. The van der Waals surface area contributed by atoms with Crippen molar-refractivity contribution in [2.45, 2.75) is 69.4 Å². The number of thiazole rings is 1. The zero-order valence-corrected chi connectivity index (χ0v) is 21.1. The predicted octanol–water partition coefficient (Wildman–Crippen LogP) is 4.58. The first-order valence-corrected chi connectivity index (χ1v) is 14.2. The number of aromatic nitrogens is 1. The Balaban J connectivity index is 1.35. The van der Waals surface area contributed by atoms with Gasteiger partial charge >= 0.3 is 0 Å². The molecule has 4 rings (SSSR count). The van der Waals surface area contributed by atoms with E-state index in [1.54, 1.807) is 19.2 Å². The van der Waals surface area contributed by atoms with Crippen LogP contribution >= 0.6 is 11.3 Å². The first-order valence-electron chi connectivity index (χ1n) is 11.9. The van der Waals surface area contributed by atoms with Crippen LogP contribution in [0.1, 0.15) is 67.9 Å². The monoisotopic (exact) mass is 490 g/mol. The highest BCUT2D eigenvalue weighted by Crippen LogP contribution is 2.27. The molecule has 9 heteroatoms. The molecule has 2 heterocycles. The van der Waals surface area contributed by atoms with E-state index in [0.717, 1.165) is 56.9 Å². The smallest absolute Gasteiger partial charge is 0.257 e. The third kappa shape index (κ3) is 6.01. The maximum atomic E-state index is 13.0. The van der Waals surface area contributed by atoms with E-state index in [4.69, 9.17) is 0 Å². The van der Waals surface area contributed by atoms with E-state index in [1.807, 2.05) is 5.38 Å². The van der Waals surface area contributed by atoms with Crippen LogP contribution < -0.4 is 5.32 Å². The van der Waals surface area contributed by atoms with Gasteiger partial charge in [0.05, 0.1) is 10.6 Å². The molecule has 0 unspecified atom stereocenters. The summed E-state index contributed by atoms with van der Waals surface area (Å²) in [6.07, 6.45) is 7.56. The molecule has 0 spiro atoms. The van der Waals surface area contributed by atoms with Crippen LogP contribution in [0.3, 0.4) is 0 Å². The van der Waals surface area contributed by atoms with Gasteiger partial charge in [-0.3, -0.25) is 15.0 Å². The Morgan fingerprint density at radius 3 is 2.45 bits per heavy atom. The van der Waals surface area contributed by atoms with E-state index in [-0.39, 0.29) is 16.8 Å². The number of nitrogens with one attached hydrogen (secondary N) is 1. The van der Waals surface area contributed by atoms with Crippen LogP contribution in [0.4, 0.5) is 5.13 Å². The Morgan fingerprint density at radius 1 is 1.12 bits per heavy atom. The molecule has 7 nitrogen and oxygen atoms in total. The third-order valence-electron chi connectivity index (χ3n) is 6.92. The molecule has 2 fully saturated rings. The number of carbonyl (C=O) groups is 1. The maximum absolute atomic E-state index is 13.0. The quantitative estimate of drug-likeness (QED) is 0.614. The molecule has 2 aromatic rings. The largest absolute Gasteiger partial charge is 0.298 e. The van der Waals surface area contributed by atoms with Gasteiger partial charge in [0.15, 0.2) is 5.13 Å². The standard InChI is InChI=1S/C24H34N4O3S2/c1-18-12-14-28(15-13-18)16-20-17-32-24(25-20)26-23(29)19-8-10-22(11-9-19)33(30,31)27(2)21-6-4-3-5-7-21/h8-11,17-18,21H,3-7,12-16H2,1-2H3,(H,25,26,29). The average Bonchev–Trinajstić information content (AvgIpc) is 3.27. The fourth-order valence-corrected chi connectivity index (χ4v) is 6.75. The van der Waals surface area contributed by atoms with Crippen molar-refractivity contribution in [3.8, 4) is 0 Å². The van der Waals surface area contributed by atoms with Crippen LogP contribution in [0.2, 0.25) is 0 Å². The number of sulfonamides is 1. The summed E-state index contributed by atoms with van der Waals surface area (Å²) >= 11 is 1.42. The summed E-state index contributed by atoms with van der Waals surface area (Å²) in [5.74, 6) is 0.507. The second-order valence-corrected chi connectivity index (χ2v) is 12.2. The van der Waals surface area contributed by atoms with Crippen LogP contribution in [0.5, 0.6) is 0 Å². The number of amides is 1. The number of hydrogen-bond acceptors (Lipinski definition) is 6. The molecule has 1 aromatic heterocycles. The summed E-state index contributed by atoms with van der Waals surface area (Å²) in [5, 5.41) is 5.40. The zero-order chi connectivity index (χ0) is 23.4. The fraction of sp³-hybridized carbons (Fsp3) is 0.583. The highest BCUT2D eigenvalue weighted by atomic mass is 32.2. The summed E-state index contributed by atoms with van der Waals surface area (Å²) in [6.45, 7) is 5.28. The van der Waals surface area contributed by atoms with Crippen molar-refractivity contribution in [1.29, 1.82) is 0 Å². The van der Waals surface area contributed by atoms with Crippen LogP contribution in [-0.2, 0) is 16.6 Å². The van der Waals surface area contributed by atoms with Crippen LogP contribution in [-0.4, -0.2) is 54.7 Å². The van der Waals surface area contributed by atoms with Crippen molar-refractivity contribution in [3.63, 3.8) is 0 Å². The molecule has 0 atom stereocenters. The van der Waals surface area contributed by atoms with Crippen molar-refractivity contribution in [1.82, 2.24) is 14.2 Å². The van der Waals surface area contributed by atoms with E-state index in [1.165, 1.54) is 47.0 Å². The van der Waals surface area contributed by atoms with Crippen molar-refractivity contribution in [2.24, 2.45) is 5.92 Å². The van der Waals surface area contributed by atoms with E-state index in [2.05, 4.69) is 22.1 Å². The lowest BCUT2D eigenvalue weighted by molar-refractivity contribution is 0.102. The van der Waals surface area contributed by atoms with Crippen molar-refractivity contribution in [3.05, 3.63) is 40.9 Å². The van der Waals surface area contributed by atoms with Crippen LogP contribution in [0, 0.1) is 5.92 Å². The number of rotatable bonds is 7. The molecule has 33 heavy (non-hydrogen) atoms. The summed E-state index contributed by atoms with van der Waals surface area (Å²) in [4.78, 5) is 19.9. The molecule has 1 N–H and O–H groups in total. The minimum Gasteiger partial charge on any atom is -0.298 e. The van der Waals surface area contributed by atoms with Gasteiger partial charge in [-0.1, -0.05) is 26.2 Å². The number of anilines is 1. The van der Waals surface area contributed by atoms with Gasteiger partial charge in [-0.05, 0) is 69.0 Å². The summed E-state index contributed by atoms with van der Waals surface area (Å²) in [5.41, 5.74) is 1.38. The Kier molecular flexibility index (Phi) is 7.83. The average molecular weight is 491 g/mol. The van der Waals surface area contributed by atoms with Crippen molar-refractivity contribution >= 4 is 32.4 Å². The van der Waals surface area contributed by atoms with Gasteiger partial charge in [0.25, 0.3) is 5.91 Å². The lowest BCUT2D eigenvalue weighted by Crippen LogP contribution is -2.38. The van der Waals surface area contributed by atoms with Gasteiger partial charge in [0.1, 0.15) is 0 Å². The van der Waals surface area contributed by atoms with Crippen molar-refractivity contribution in [2.75, 3.05) is 25.5 Å². The van der Waals surface area contributed by atoms with Gasteiger partial charge in [0, 0.05) is 30.6 Å². The number of hydrogen-bond donors (Lipinski definition) is 1. The number of likely N-dealkylation sites (tertiary alicyclic amines) is 1. The molecule has 1 aliphatic carbocycles. The summed E-state index contributed by atoms with van der Waals surface area (Å²) in [7, 11) is -1.90. The zero-order valence-electron chi connectivity index (χ0n) is 19.5. The van der Waals surface area contributed by atoms with Gasteiger partial charge in [0.2, 0.25) is 10.0 Å². The van der Waals surface area contributed by atoms with Gasteiger partial charge in [-0.2, -0.15) is 4.31 Å². The van der Waals surface area contributed by atoms with Crippen molar-refractivity contribution < 1.29 is 13.2 Å². The number of carbonyl (C=O) groups excluding carboxylic acids is 1. The minimum absolute atomic E-state index is 0.0548. The number of piperidine rings is 1.